The van der Waals surface area contributed by atoms with Gasteiger partial charge in [0.2, 0.25) is 0 Å². The van der Waals surface area contributed by atoms with Crippen LogP contribution in [0.25, 0.3) is 0 Å². The summed E-state index contributed by atoms with van der Waals surface area (Å²) in [6, 6.07) is 0. The molecule has 1 N–H and O–H groups in total. The zero-order valence-electron chi connectivity index (χ0n) is 6.05. The zero-order valence-corrected chi connectivity index (χ0v) is 6.87. The lowest BCUT2D eigenvalue weighted by atomic mass is 10.1. The molecule has 2 rings (SSSR count). The van der Waals surface area contributed by atoms with E-state index in [0.29, 0.717) is 0 Å². The van der Waals surface area contributed by atoms with Crippen molar-refractivity contribution in [3.8, 4) is 0 Å². The van der Waals surface area contributed by atoms with Gasteiger partial charge >= 0.3 is 0 Å². The molecule has 54 valence electrons. The van der Waals surface area contributed by atoms with Crippen LogP contribution in [0.1, 0.15) is 13.3 Å². The van der Waals surface area contributed by atoms with Crippen LogP contribution in [0.4, 0.5) is 0 Å². The average molecular weight is 153 g/mol. The Morgan fingerprint density at radius 3 is 3.40 bits per heavy atom. The van der Waals surface area contributed by atoms with Crippen molar-refractivity contribution in [2.24, 2.45) is 0 Å². The largest absolute Gasteiger partial charge is 0.376 e. The molecule has 0 bridgehead atoms. The minimum Gasteiger partial charge on any atom is -0.376 e. The fraction of sp³-hybridized carbons (Fsp3) is 0.500. The normalized spacial score (nSPS) is 30.3. The van der Waals surface area contributed by atoms with Gasteiger partial charge in [-0.05, 0) is 12.0 Å². The molecule has 2 heteroatoms. The Labute approximate surface area is 65.6 Å². The third kappa shape index (κ3) is 0.966. The van der Waals surface area contributed by atoms with Crippen LogP contribution in [0.5, 0.6) is 0 Å². The van der Waals surface area contributed by atoms with Crippen LogP contribution in [0.15, 0.2) is 22.8 Å². The van der Waals surface area contributed by atoms with Gasteiger partial charge < -0.3 is 5.32 Å². The molecule has 2 heterocycles. The highest BCUT2D eigenvalue weighted by atomic mass is 32.2. The molecule has 0 amide bonds. The van der Waals surface area contributed by atoms with Crippen LogP contribution in [0, 0.1) is 0 Å². The van der Waals surface area contributed by atoms with E-state index in [0.717, 1.165) is 11.8 Å². The van der Waals surface area contributed by atoms with Gasteiger partial charge in [-0.3, -0.25) is 0 Å². The first-order valence-electron chi connectivity index (χ1n) is 3.66. The Bertz CT molecular complexity index is 205. The Hall–Kier alpha value is -0.370. The molecule has 2 aliphatic rings. The fourth-order valence-corrected chi connectivity index (χ4v) is 2.51. The molecular formula is C8H11NS. The summed E-state index contributed by atoms with van der Waals surface area (Å²) < 4.78 is 0. The standard InChI is InChI=1S/C8H11NS/c1-6-5-7-3-2-4-9-8(7)10-6/h2-3,6,9H,4-5H2,1H3. The number of hydrogen-bond donors (Lipinski definition) is 1. The summed E-state index contributed by atoms with van der Waals surface area (Å²) in [6.07, 6.45) is 5.68. The maximum absolute atomic E-state index is 3.37. The average Bonchev–Trinajstić information content (AvgIpc) is 2.27. The van der Waals surface area contributed by atoms with Crippen LogP contribution < -0.4 is 5.32 Å². The highest BCUT2D eigenvalue weighted by molar-refractivity contribution is 8.03. The molecule has 0 aromatic carbocycles. The van der Waals surface area contributed by atoms with E-state index in [1.54, 1.807) is 0 Å². The van der Waals surface area contributed by atoms with Crippen molar-refractivity contribution in [1.29, 1.82) is 0 Å². The van der Waals surface area contributed by atoms with Crippen LogP contribution in [-0.4, -0.2) is 11.8 Å². The summed E-state index contributed by atoms with van der Waals surface area (Å²) in [5, 5.41) is 5.56. The first kappa shape index (κ1) is 6.35. The monoisotopic (exact) mass is 153 g/mol. The lowest BCUT2D eigenvalue weighted by Gasteiger charge is -2.09. The second-order valence-electron chi connectivity index (χ2n) is 2.77. The maximum atomic E-state index is 3.37. The van der Waals surface area contributed by atoms with E-state index in [-0.39, 0.29) is 0 Å². The smallest absolute Gasteiger partial charge is 0.0719 e. The van der Waals surface area contributed by atoms with E-state index in [1.807, 2.05) is 11.8 Å². The van der Waals surface area contributed by atoms with Crippen LogP contribution in [0.2, 0.25) is 0 Å². The lowest BCUT2D eigenvalue weighted by Crippen LogP contribution is -2.13. The summed E-state index contributed by atoms with van der Waals surface area (Å²) in [7, 11) is 0. The van der Waals surface area contributed by atoms with Gasteiger partial charge in [0.25, 0.3) is 0 Å². The van der Waals surface area contributed by atoms with Crippen molar-refractivity contribution in [2.45, 2.75) is 18.6 Å². The molecule has 1 unspecified atom stereocenters. The summed E-state index contributed by atoms with van der Waals surface area (Å²) >= 11 is 1.97. The Kier molecular flexibility index (Phi) is 1.49. The predicted octanol–water partition coefficient (Wildman–Crippen LogP) is 1.88. The minimum absolute atomic E-state index is 0.778. The van der Waals surface area contributed by atoms with Gasteiger partial charge in [0.05, 0.1) is 5.03 Å². The second kappa shape index (κ2) is 2.35. The minimum atomic E-state index is 0.778. The molecule has 0 saturated heterocycles. The van der Waals surface area contributed by atoms with Crippen molar-refractivity contribution in [3.05, 3.63) is 22.8 Å². The number of allylic oxidation sites excluding steroid dienone is 2. The van der Waals surface area contributed by atoms with Crippen molar-refractivity contribution in [1.82, 2.24) is 5.32 Å². The number of nitrogens with one attached hydrogen (secondary N) is 1. The van der Waals surface area contributed by atoms with E-state index in [4.69, 9.17) is 0 Å². The van der Waals surface area contributed by atoms with Gasteiger partial charge in [0, 0.05) is 11.8 Å². The van der Waals surface area contributed by atoms with Crippen molar-refractivity contribution in [2.75, 3.05) is 6.54 Å². The quantitative estimate of drug-likeness (QED) is 0.570. The van der Waals surface area contributed by atoms with Crippen molar-refractivity contribution >= 4 is 11.8 Å². The zero-order chi connectivity index (χ0) is 6.97. The van der Waals surface area contributed by atoms with E-state index in [9.17, 15) is 0 Å². The topological polar surface area (TPSA) is 12.0 Å². The maximum Gasteiger partial charge on any atom is 0.0719 e. The Morgan fingerprint density at radius 1 is 1.70 bits per heavy atom. The predicted molar refractivity (Wildman–Crippen MR) is 45.8 cm³/mol. The van der Waals surface area contributed by atoms with Crippen LogP contribution in [0.3, 0.4) is 0 Å². The van der Waals surface area contributed by atoms with E-state index in [2.05, 4.69) is 24.4 Å². The molecule has 0 spiro atoms. The third-order valence-corrected chi connectivity index (χ3v) is 3.03. The highest BCUT2D eigenvalue weighted by Gasteiger charge is 2.20. The molecule has 2 aliphatic heterocycles. The molecule has 1 nitrogen and oxygen atoms in total. The summed E-state index contributed by atoms with van der Waals surface area (Å²) in [4.78, 5) is 0. The van der Waals surface area contributed by atoms with Crippen LogP contribution >= 0.6 is 11.8 Å². The fourth-order valence-electron chi connectivity index (χ4n) is 1.37. The van der Waals surface area contributed by atoms with Crippen molar-refractivity contribution in [3.63, 3.8) is 0 Å². The van der Waals surface area contributed by atoms with Gasteiger partial charge in [0.1, 0.15) is 0 Å². The SMILES string of the molecule is CC1CC2=C(NCC=C2)S1. The summed E-state index contributed by atoms with van der Waals surface area (Å²) in [5.41, 5.74) is 1.50. The number of thioether (sulfide) groups is 1. The second-order valence-corrected chi connectivity index (χ2v) is 4.22. The van der Waals surface area contributed by atoms with Gasteiger partial charge in [-0.15, -0.1) is 11.8 Å². The number of dihydropyridines is 1. The van der Waals surface area contributed by atoms with Crippen LogP contribution in [-0.2, 0) is 0 Å². The molecule has 10 heavy (non-hydrogen) atoms. The van der Waals surface area contributed by atoms with Gasteiger partial charge in [-0.2, -0.15) is 0 Å². The number of rotatable bonds is 0. The molecule has 0 saturated carbocycles. The van der Waals surface area contributed by atoms with E-state index < -0.39 is 0 Å². The summed E-state index contributed by atoms with van der Waals surface area (Å²) in [6.45, 7) is 3.29. The van der Waals surface area contributed by atoms with Gasteiger partial charge in [0.15, 0.2) is 0 Å². The molecule has 0 aromatic rings. The first-order valence-corrected chi connectivity index (χ1v) is 4.54. The molecular weight excluding hydrogens is 142 g/mol. The molecule has 0 radical (unpaired) electrons. The molecule has 0 fully saturated rings. The summed E-state index contributed by atoms with van der Waals surface area (Å²) in [5.74, 6) is 0. The number of hydrogen-bond acceptors (Lipinski definition) is 2. The molecule has 0 aromatic heterocycles. The van der Waals surface area contributed by atoms with Gasteiger partial charge in [-0.1, -0.05) is 19.1 Å². The molecule has 1 atom stereocenters. The van der Waals surface area contributed by atoms with E-state index >= 15 is 0 Å². The lowest BCUT2D eigenvalue weighted by molar-refractivity contribution is 0.909. The van der Waals surface area contributed by atoms with E-state index in [1.165, 1.54) is 17.0 Å². The van der Waals surface area contributed by atoms with Crippen molar-refractivity contribution < 1.29 is 0 Å². The molecule has 0 aliphatic carbocycles. The Balaban J connectivity index is 2.21. The highest BCUT2D eigenvalue weighted by Crippen LogP contribution is 2.37. The first-order chi connectivity index (χ1) is 4.86. The Morgan fingerprint density at radius 2 is 2.60 bits per heavy atom. The van der Waals surface area contributed by atoms with Gasteiger partial charge in [-0.25, -0.2) is 0 Å². The third-order valence-electron chi connectivity index (χ3n) is 1.82.